The minimum atomic E-state index is -1.26. The van der Waals surface area contributed by atoms with Gasteiger partial charge in [0.15, 0.2) is 0 Å². The monoisotopic (exact) mass is 259 g/mol. The number of aliphatic carboxylic acids is 1. The fourth-order valence-corrected chi connectivity index (χ4v) is 1.37. The highest BCUT2D eigenvalue weighted by Gasteiger charge is 2.04. The normalized spacial score (nSPS) is 11.1. The van der Waals surface area contributed by atoms with Crippen LogP contribution in [0.5, 0.6) is 11.5 Å². The van der Waals surface area contributed by atoms with Crippen LogP contribution in [0.25, 0.3) is 6.08 Å². The number of benzene rings is 1. The van der Waals surface area contributed by atoms with Crippen LogP contribution in [0, 0.1) is 11.3 Å². The Hall–Kier alpha value is -2.74. The number of nitrogens with zero attached hydrogens (tertiary/aromatic N) is 1. The van der Waals surface area contributed by atoms with Gasteiger partial charge in [0.1, 0.15) is 23.1 Å². The van der Waals surface area contributed by atoms with Crippen molar-refractivity contribution in [3.63, 3.8) is 0 Å². The second-order valence-corrected chi connectivity index (χ2v) is 3.46. The molecule has 5 nitrogen and oxygen atoms in total. The van der Waals surface area contributed by atoms with Gasteiger partial charge in [0.25, 0.3) is 0 Å². The standard InChI is InChI=1S/C14H13NO4/c1-18-12-6-7-13(19-2)10(8-12)4-3-5-11(9-15)14(16)17/h3-8H,1-2H3,(H,16,17). The quantitative estimate of drug-likeness (QED) is 0.498. The zero-order valence-electron chi connectivity index (χ0n) is 10.6. The van der Waals surface area contributed by atoms with Crippen molar-refractivity contribution in [1.82, 2.24) is 0 Å². The average molecular weight is 259 g/mol. The molecule has 0 heterocycles. The molecule has 0 saturated carbocycles. The molecular weight excluding hydrogens is 246 g/mol. The first-order valence-electron chi connectivity index (χ1n) is 5.36. The molecular formula is C14H13NO4. The lowest BCUT2D eigenvalue weighted by Gasteiger charge is -2.06. The van der Waals surface area contributed by atoms with Gasteiger partial charge in [0, 0.05) is 5.56 Å². The molecule has 0 radical (unpaired) electrons. The fraction of sp³-hybridized carbons (Fsp3) is 0.143. The van der Waals surface area contributed by atoms with Crippen LogP contribution in [0.3, 0.4) is 0 Å². The fourth-order valence-electron chi connectivity index (χ4n) is 1.37. The van der Waals surface area contributed by atoms with Crippen LogP contribution in [0.2, 0.25) is 0 Å². The number of allylic oxidation sites excluding steroid dienone is 2. The van der Waals surface area contributed by atoms with Crippen LogP contribution in [0.4, 0.5) is 0 Å². The van der Waals surface area contributed by atoms with Crippen molar-refractivity contribution in [2.75, 3.05) is 14.2 Å². The predicted octanol–water partition coefficient (Wildman–Crippen LogP) is 2.25. The Balaban J connectivity index is 3.04. The number of ether oxygens (including phenoxy) is 2. The highest BCUT2D eigenvalue weighted by atomic mass is 16.5. The van der Waals surface area contributed by atoms with E-state index in [9.17, 15) is 4.79 Å². The first kappa shape index (κ1) is 14.3. The van der Waals surface area contributed by atoms with Gasteiger partial charge in [-0.2, -0.15) is 5.26 Å². The summed E-state index contributed by atoms with van der Waals surface area (Å²) in [6.07, 6.45) is 4.34. The molecule has 5 heteroatoms. The molecule has 1 aromatic rings. The summed E-state index contributed by atoms with van der Waals surface area (Å²) in [4.78, 5) is 10.6. The van der Waals surface area contributed by atoms with Crippen LogP contribution in [-0.4, -0.2) is 25.3 Å². The summed E-state index contributed by atoms with van der Waals surface area (Å²) in [6.45, 7) is 0. The number of nitriles is 1. The van der Waals surface area contributed by atoms with Gasteiger partial charge in [-0.3, -0.25) is 0 Å². The number of carboxylic acid groups (broad SMARTS) is 1. The second-order valence-electron chi connectivity index (χ2n) is 3.46. The number of rotatable bonds is 5. The Bertz CT molecular complexity index is 567. The molecule has 0 spiro atoms. The molecule has 0 bridgehead atoms. The number of carbonyl (C=O) groups is 1. The maximum atomic E-state index is 10.6. The van der Waals surface area contributed by atoms with E-state index in [1.165, 1.54) is 19.3 Å². The van der Waals surface area contributed by atoms with E-state index < -0.39 is 5.97 Å². The van der Waals surface area contributed by atoms with Gasteiger partial charge in [0.2, 0.25) is 0 Å². The maximum Gasteiger partial charge on any atom is 0.346 e. The molecule has 19 heavy (non-hydrogen) atoms. The van der Waals surface area contributed by atoms with E-state index in [0.29, 0.717) is 11.5 Å². The van der Waals surface area contributed by atoms with Crippen LogP contribution in [0.15, 0.2) is 35.9 Å². The number of carboxylic acids is 1. The summed E-state index contributed by atoms with van der Waals surface area (Å²) in [6, 6.07) is 6.83. The van der Waals surface area contributed by atoms with Crippen LogP contribution >= 0.6 is 0 Å². The average Bonchev–Trinajstić information content (AvgIpc) is 2.42. The maximum absolute atomic E-state index is 10.6. The minimum absolute atomic E-state index is 0.335. The largest absolute Gasteiger partial charge is 0.497 e. The van der Waals surface area contributed by atoms with Crippen molar-refractivity contribution in [3.05, 3.63) is 41.5 Å². The molecule has 0 aliphatic carbocycles. The van der Waals surface area contributed by atoms with Crippen LogP contribution in [-0.2, 0) is 4.79 Å². The van der Waals surface area contributed by atoms with Crippen molar-refractivity contribution in [2.24, 2.45) is 0 Å². The molecule has 0 atom stereocenters. The molecule has 0 fully saturated rings. The van der Waals surface area contributed by atoms with Crippen molar-refractivity contribution >= 4 is 12.0 Å². The second kappa shape index (κ2) is 6.87. The lowest BCUT2D eigenvalue weighted by Crippen LogP contribution is -1.96. The van der Waals surface area contributed by atoms with E-state index in [1.54, 1.807) is 37.5 Å². The highest BCUT2D eigenvalue weighted by Crippen LogP contribution is 2.25. The SMILES string of the molecule is COc1ccc(OC)c(C=CC=C(C#N)C(=O)O)c1. The first-order valence-corrected chi connectivity index (χ1v) is 5.36. The van der Waals surface area contributed by atoms with Crippen molar-refractivity contribution in [2.45, 2.75) is 0 Å². The Morgan fingerprint density at radius 1 is 1.37 bits per heavy atom. The Labute approximate surface area is 111 Å². The van der Waals surface area contributed by atoms with Crippen LogP contribution in [0.1, 0.15) is 5.56 Å². The minimum Gasteiger partial charge on any atom is -0.497 e. The van der Waals surface area contributed by atoms with E-state index in [2.05, 4.69) is 0 Å². The number of hydrogen-bond donors (Lipinski definition) is 1. The summed E-state index contributed by atoms with van der Waals surface area (Å²) >= 11 is 0. The lowest BCUT2D eigenvalue weighted by molar-refractivity contribution is -0.132. The van der Waals surface area contributed by atoms with E-state index >= 15 is 0 Å². The van der Waals surface area contributed by atoms with Gasteiger partial charge < -0.3 is 14.6 Å². The molecule has 1 N–H and O–H groups in total. The van der Waals surface area contributed by atoms with E-state index in [4.69, 9.17) is 19.8 Å². The molecule has 0 aromatic heterocycles. The summed E-state index contributed by atoms with van der Waals surface area (Å²) < 4.78 is 10.3. The van der Waals surface area contributed by atoms with Gasteiger partial charge in [-0.15, -0.1) is 0 Å². The van der Waals surface area contributed by atoms with Gasteiger partial charge in [0.05, 0.1) is 14.2 Å². The molecule has 0 amide bonds. The molecule has 0 saturated heterocycles. The number of methoxy groups -OCH3 is 2. The Kier molecular flexibility index (Phi) is 5.17. The van der Waals surface area contributed by atoms with Gasteiger partial charge in [-0.05, 0) is 24.3 Å². The van der Waals surface area contributed by atoms with Crippen molar-refractivity contribution in [1.29, 1.82) is 5.26 Å². The van der Waals surface area contributed by atoms with Crippen LogP contribution < -0.4 is 9.47 Å². The number of hydrogen-bond acceptors (Lipinski definition) is 4. The Morgan fingerprint density at radius 3 is 2.63 bits per heavy atom. The summed E-state index contributed by atoms with van der Waals surface area (Å²) in [5.41, 5.74) is 0.388. The summed E-state index contributed by atoms with van der Waals surface area (Å²) in [7, 11) is 3.08. The van der Waals surface area contributed by atoms with E-state index in [0.717, 1.165) is 5.56 Å². The highest BCUT2D eigenvalue weighted by molar-refractivity contribution is 5.91. The summed E-state index contributed by atoms with van der Waals surface area (Å²) in [5, 5.41) is 17.3. The molecule has 1 aromatic carbocycles. The van der Waals surface area contributed by atoms with E-state index in [-0.39, 0.29) is 5.57 Å². The predicted molar refractivity (Wildman–Crippen MR) is 69.9 cm³/mol. The summed E-state index contributed by atoms with van der Waals surface area (Å²) in [5.74, 6) is 0.0206. The third-order valence-electron chi connectivity index (χ3n) is 2.33. The molecule has 0 aliphatic heterocycles. The third kappa shape index (κ3) is 3.89. The zero-order valence-corrected chi connectivity index (χ0v) is 10.6. The molecule has 98 valence electrons. The zero-order chi connectivity index (χ0) is 14.3. The topological polar surface area (TPSA) is 79.5 Å². The smallest absolute Gasteiger partial charge is 0.346 e. The van der Waals surface area contributed by atoms with E-state index in [1.807, 2.05) is 0 Å². The third-order valence-corrected chi connectivity index (χ3v) is 2.33. The van der Waals surface area contributed by atoms with Gasteiger partial charge in [-0.25, -0.2) is 4.79 Å². The molecule has 0 aliphatic rings. The van der Waals surface area contributed by atoms with Crippen molar-refractivity contribution in [3.8, 4) is 17.6 Å². The van der Waals surface area contributed by atoms with Gasteiger partial charge in [-0.1, -0.05) is 12.2 Å². The molecule has 0 unspecified atom stereocenters. The molecule has 1 rings (SSSR count). The Morgan fingerprint density at radius 2 is 2.11 bits per heavy atom. The first-order chi connectivity index (χ1) is 9.12. The van der Waals surface area contributed by atoms with Gasteiger partial charge >= 0.3 is 5.97 Å². The lowest BCUT2D eigenvalue weighted by atomic mass is 10.1. The van der Waals surface area contributed by atoms with Crippen molar-refractivity contribution < 1.29 is 19.4 Å².